The van der Waals surface area contributed by atoms with Crippen molar-refractivity contribution < 1.29 is 9.53 Å². The number of nitrogens with zero attached hydrogens (tertiary/aromatic N) is 3. The van der Waals surface area contributed by atoms with Gasteiger partial charge in [0.05, 0.1) is 23.0 Å². The molecule has 0 bridgehead atoms. The monoisotopic (exact) mass is 472 g/mol. The van der Waals surface area contributed by atoms with Gasteiger partial charge in [0.2, 0.25) is 11.0 Å². The summed E-state index contributed by atoms with van der Waals surface area (Å²) in [5, 5.41) is 8.92. The van der Waals surface area contributed by atoms with E-state index in [0.717, 1.165) is 43.8 Å². The molecule has 0 fully saturated rings. The average molecular weight is 473 g/mol. The maximum absolute atomic E-state index is 12.5. The van der Waals surface area contributed by atoms with Crippen LogP contribution in [0.2, 0.25) is 5.02 Å². The van der Waals surface area contributed by atoms with Crippen LogP contribution in [0.3, 0.4) is 0 Å². The zero-order valence-electron chi connectivity index (χ0n) is 17.1. The van der Waals surface area contributed by atoms with E-state index in [2.05, 4.69) is 15.4 Å². The van der Waals surface area contributed by atoms with Crippen molar-refractivity contribution in [2.24, 2.45) is 0 Å². The van der Waals surface area contributed by atoms with E-state index in [1.165, 1.54) is 11.3 Å². The minimum atomic E-state index is -0.0411. The fraction of sp³-hybridized carbons (Fsp3) is 0.227. The normalized spacial score (nSPS) is 11.1. The summed E-state index contributed by atoms with van der Waals surface area (Å²) >= 11 is 9.12. The molecular formula is C22H21ClN4O2S2. The highest BCUT2D eigenvalue weighted by Gasteiger charge is 2.15. The van der Waals surface area contributed by atoms with Crippen LogP contribution in [0, 0.1) is 6.92 Å². The molecule has 2 heterocycles. The van der Waals surface area contributed by atoms with Gasteiger partial charge in [-0.2, -0.15) is 9.78 Å². The Bertz CT molecular complexity index is 1200. The molecule has 4 rings (SSSR count). The number of carbonyl (C=O) groups is 1. The number of ether oxygens (including phenoxy) is 1. The van der Waals surface area contributed by atoms with Gasteiger partial charge in [0, 0.05) is 22.4 Å². The first kappa shape index (κ1) is 21.7. The zero-order chi connectivity index (χ0) is 21.8. The summed E-state index contributed by atoms with van der Waals surface area (Å²) in [6, 6.07) is 15.3. The SMILES string of the molecule is COc1ccc2nc(-n3nc(C)cc3NC(=O)CCCSc3ccc(Cl)cc3)sc2c1. The number of nitrogens with one attached hydrogen (secondary N) is 1. The minimum Gasteiger partial charge on any atom is -0.497 e. The van der Waals surface area contributed by atoms with Crippen molar-refractivity contribution in [2.45, 2.75) is 24.7 Å². The number of methoxy groups -OCH3 is 1. The molecule has 4 aromatic rings. The number of carbonyl (C=O) groups excluding carboxylic acids is 1. The van der Waals surface area contributed by atoms with Crippen molar-refractivity contribution in [3.8, 4) is 10.9 Å². The molecule has 0 saturated carbocycles. The number of thiazole rings is 1. The number of aromatic nitrogens is 3. The minimum absolute atomic E-state index is 0.0411. The molecule has 9 heteroatoms. The van der Waals surface area contributed by atoms with Crippen molar-refractivity contribution in [1.82, 2.24) is 14.8 Å². The molecule has 0 aliphatic rings. The summed E-state index contributed by atoms with van der Waals surface area (Å²) < 4.78 is 7.98. The summed E-state index contributed by atoms with van der Waals surface area (Å²) in [6.45, 7) is 1.89. The fourth-order valence-corrected chi connectivity index (χ4v) is 4.94. The Morgan fingerprint density at radius 2 is 2.03 bits per heavy atom. The van der Waals surface area contributed by atoms with E-state index in [1.54, 1.807) is 23.6 Å². The lowest BCUT2D eigenvalue weighted by atomic mass is 10.3. The molecule has 2 aromatic heterocycles. The number of rotatable bonds is 8. The maximum atomic E-state index is 12.5. The highest BCUT2D eigenvalue weighted by Crippen LogP contribution is 2.30. The molecule has 1 N–H and O–H groups in total. The second kappa shape index (κ2) is 9.72. The molecule has 0 unspecified atom stereocenters. The third kappa shape index (κ3) is 5.39. The van der Waals surface area contributed by atoms with E-state index in [9.17, 15) is 4.79 Å². The molecule has 0 aliphatic carbocycles. The Kier molecular flexibility index (Phi) is 6.80. The van der Waals surface area contributed by atoms with Gasteiger partial charge in [-0.25, -0.2) is 4.98 Å². The van der Waals surface area contributed by atoms with Crippen LogP contribution in [0.4, 0.5) is 5.82 Å². The van der Waals surface area contributed by atoms with Crippen molar-refractivity contribution in [3.63, 3.8) is 0 Å². The largest absolute Gasteiger partial charge is 0.497 e. The lowest BCUT2D eigenvalue weighted by Gasteiger charge is -2.06. The van der Waals surface area contributed by atoms with Gasteiger partial charge in [0.1, 0.15) is 11.6 Å². The molecule has 0 spiro atoms. The molecule has 0 atom stereocenters. The van der Waals surface area contributed by atoms with Crippen molar-refractivity contribution >= 4 is 56.6 Å². The van der Waals surface area contributed by atoms with Crippen LogP contribution in [-0.2, 0) is 4.79 Å². The standard InChI is InChI=1S/C22H21ClN4O2S2/c1-14-12-20(25-21(28)4-3-11-30-17-8-5-15(23)6-9-17)27(26-14)22-24-18-10-7-16(29-2)13-19(18)31-22/h5-10,12-13H,3-4,11H2,1-2H3,(H,25,28). The van der Waals surface area contributed by atoms with E-state index in [-0.39, 0.29) is 5.91 Å². The Morgan fingerprint density at radius 3 is 2.81 bits per heavy atom. The van der Waals surface area contributed by atoms with Crippen LogP contribution in [-0.4, -0.2) is 33.5 Å². The summed E-state index contributed by atoms with van der Waals surface area (Å²) in [5.41, 5.74) is 1.68. The Labute approximate surface area is 193 Å². The summed E-state index contributed by atoms with van der Waals surface area (Å²) in [5.74, 6) is 2.22. The Hall–Kier alpha value is -2.55. The number of hydrogen-bond donors (Lipinski definition) is 1. The van der Waals surface area contributed by atoms with Crippen LogP contribution >= 0.6 is 34.7 Å². The molecule has 0 saturated heterocycles. The molecule has 6 nitrogen and oxygen atoms in total. The topological polar surface area (TPSA) is 69.0 Å². The van der Waals surface area contributed by atoms with Crippen molar-refractivity contribution in [1.29, 1.82) is 0 Å². The van der Waals surface area contributed by atoms with Gasteiger partial charge in [-0.05, 0) is 61.6 Å². The van der Waals surface area contributed by atoms with E-state index in [4.69, 9.17) is 16.3 Å². The molecule has 1 amide bonds. The molecule has 2 aromatic carbocycles. The van der Waals surface area contributed by atoms with Gasteiger partial charge in [-0.3, -0.25) is 4.79 Å². The van der Waals surface area contributed by atoms with Gasteiger partial charge >= 0.3 is 0 Å². The number of hydrogen-bond acceptors (Lipinski definition) is 6. The van der Waals surface area contributed by atoms with Gasteiger partial charge in [-0.15, -0.1) is 11.8 Å². The number of halogens is 1. The first-order chi connectivity index (χ1) is 15.0. The number of amides is 1. The second-order valence-electron chi connectivity index (χ2n) is 6.87. The van der Waals surface area contributed by atoms with Crippen LogP contribution in [0.5, 0.6) is 5.75 Å². The lowest BCUT2D eigenvalue weighted by Crippen LogP contribution is -2.14. The van der Waals surface area contributed by atoms with Crippen LogP contribution in [0.1, 0.15) is 18.5 Å². The maximum Gasteiger partial charge on any atom is 0.225 e. The first-order valence-corrected chi connectivity index (χ1v) is 11.9. The van der Waals surface area contributed by atoms with E-state index in [0.29, 0.717) is 17.4 Å². The van der Waals surface area contributed by atoms with Gasteiger partial charge in [-0.1, -0.05) is 22.9 Å². The van der Waals surface area contributed by atoms with Crippen molar-refractivity contribution in [2.75, 3.05) is 18.2 Å². The second-order valence-corrected chi connectivity index (χ2v) is 9.48. The third-order valence-corrected chi connectivity index (χ3v) is 6.84. The fourth-order valence-electron chi connectivity index (χ4n) is 3.00. The Balaban J connectivity index is 1.39. The smallest absolute Gasteiger partial charge is 0.225 e. The average Bonchev–Trinajstić information content (AvgIpc) is 3.34. The predicted molar refractivity (Wildman–Crippen MR) is 128 cm³/mol. The molecule has 160 valence electrons. The third-order valence-electron chi connectivity index (χ3n) is 4.50. The quantitative estimate of drug-likeness (QED) is 0.253. The van der Waals surface area contributed by atoms with E-state index >= 15 is 0 Å². The number of thioether (sulfide) groups is 1. The highest BCUT2D eigenvalue weighted by molar-refractivity contribution is 7.99. The van der Waals surface area contributed by atoms with E-state index < -0.39 is 0 Å². The summed E-state index contributed by atoms with van der Waals surface area (Å²) in [7, 11) is 1.64. The zero-order valence-corrected chi connectivity index (χ0v) is 19.5. The lowest BCUT2D eigenvalue weighted by molar-refractivity contribution is -0.116. The number of benzene rings is 2. The number of fused-ring (bicyclic) bond motifs is 1. The van der Waals surface area contributed by atoms with Crippen molar-refractivity contribution in [3.05, 3.63) is 59.2 Å². The van der Waals surface area contributed by atoms with Crippen LogP contribution in [0.25, 0.3) is 15.3 Å². The van der Waals surface area contributed by atoms with Gasteiger partial charge in [0.25, 0.3) is 0 Å². The molecule has 0 radical (unpaired) electrons. The Morgan fingerprint density at radius 1 is 1.23 bits per heavy atom. The van der Waals surface area contributed by atoms with Crippen LogP contribution < -0.4 is 10.1 Å². The van der Waals surface area contributed by atoms with Gasteiger partial charge < -0.3 is 10.1 Å². The highest BCUT2D eigenvalue weighted by atomic mass is 35.5. The van der Waals surface area contributed by atoms with Crippen LogP contribution in [0.15, 0.2) is 53.4 Å². The summed E-state index contributed by atoms with van der Waals surface area (Å²) in [6.07, 6.45) is 1.20. The molecule has 31 heavy (non-hydrogen) atoms. The molecular weight excluding hydrogens is 452 g/mol. The molecule has 0 aliphatic heterocycles. The summed E-state index contributed by atoms with van der Waals surface area (Å²) in [4.78, 5) is 18.3. The van der Waals surface area contributed by atoms with Gasteiger partial charge in [0.15, 0.2) is 0 Å². The first-order valence-electron chi connectivity index (χ1n) is 9.71. The van der Waals surface area contributed by atoms with E-state index in [1.807, 2.05) is 55.5 Å². The number of anilines is 1. The predicted octanol–water partition coefficient (Wildman–Crippen LogP) is 5.96. The number of aryl methyl sites for hydroxylation is 1.